The zero-order valence-electron chi connectivity index (χ0n) is 5.65. The van der Waals surface area contributed by atoms with Gasteiger partial charge in [0.25, 0.3) is 0 Å². The zero-order valence-corrected chi connectivity index (χ0v) is 6.46. The standard InChI is InChI=1S/C6H10FNS/c1-6(2,7)3-4-9-5-8/h3-4H2,1-2H3. The summed E-state index contributed by atoms with van der Waals surface area (Å²) in [6, 6.07) is 0. The van der Waals surface area contributed by atoms with Gasteiger partial charge in [-0.3, -0.25) is 0 Å². The average Bonchev–Trinajstić information content (AvgIpc) is 1.63. The van der Waals surface area contributed by atoms with Gasteiger partial charge in [0, 0.05) is 5.75 Å². The number of rotatable bonds is 3. The van der Waals surface area contributed by atoms with Crippen molar-refractivity contribution in [2.75, 3.05) is 5.75 Å². The number of halogens is 1. The molecule has 0 spiro atoms. The van der Waals surface area contributed by atoms with E-state index in [9.17, 15) is 4.39 Å². The summed E-state index contributed by atoms with van der Waals surface area (Å²) in [6.07, 6.45) is 0.450. The largest absolute Gasteiger partial charge is 0.244 e. The van der Waals surface area contributed by atoms with E-state index in [1.165, 1.54) is 13.8 Å². The minimum atomic E-state index is -1.12. The second-order valence-electron chi connectivity index (χ2n) is 2.41. The molecular formula is C6H10FNS. The number of alkyl halides is 1. The van der Waals surface area contributed by atoms with Crippen LogP contribution in [0.25, 0.3) is 0 Å². The highest BCUT2D eigenvalue weighted by Gasteiger charge is 2.13. The number of thiocyanates is 1. The van der Waals surface area contributed by atoms with Gasteiger partial charge in [-0.15, -0.1) is 0 Å². The molecule has 0 radical (unpaired) electrons. The van der Waals surface area contributed by atoms with Crippen LogP contribution < -0.4 is 0 Å². The van der Waals surface area contributed by atoms with Gasteiger partial charge < -0.3 is 0 Å². The molecule has 0 saturated heterocycles. The summed E-state index contributed by atoms with van der Waals surface area (Å²) in [5.41, 5.74) is -1.12. The van der Waals surface area contributed by atoms with Crippen LogP contribution in [0.2, 0.25) is 0 Å². The van der Waals surface area contributed by atoms with Crippen LogP contribution >= 0.6 is 11.8 Å². The lowest BCUT2D eigenvalue weighted by Crippen LogP contribution is -2.12. The first-order chi connectivity index (χ1) is 4.06. The summed E-state index contributed by atoms with van der Waals surface area (Å²) >= 11 is 1.10. The van der Waals surface area contributed by atoms with Crippen LogP contribution in [0.5, 0.6) is 0 Å². The first-order valence-corrected chi connectivity index (χ1v) is 3.74. The van der Waals surface area contributed by atoms with E-state index >= 15 is 0 Å². The maximum Gasteiger partial charge on any atom is 0.133 e. The molecule has 0 aromatic rings. The van der Waals surface area contributed by atoms with Crippen LogP contribution in [0.3, 0.4) is 0 Å². The first kappa shape index (κ1) is 8.77. The Bertz CT molecular complexity index is 111. The Morgan fingerprint density at radius 2 is 2.22 bits per heavy atom. The number of hydrogen-bond acceptors (Lipinski definition) is 2. The Morgan fingerprint density at radius 3 is 2.56 bits per heavy atom. The van der Waals surface area contributed by atoms with Crippen LogP contribution in [0.1, 0.15) is 20.3 Å². The molecule has 9 heavy (non-hydrogen) atoms. The van der Waals surface area contributed by atoms with Gasteiger partial charge in [0.1, 0.15) is 11.1 Å². The maximum atomic E-state index is 12.6. The quantitative estimate of drug-likeness (QED) is 0.452. The summed E-state index contributed by atoms with van der Waals surface area (Å²) in [6.45, 7) is 3.04. The third-order valence-corrected chi connectivity index (χ3v) is 1.40. The molecule has 1 nitrogen and oxygen atoms in total. The number of thioether (sulfide) groups is 1. The zero-order chi connectivity index (χ0) is 7.33. The summed E-state index contributed by atoms with van der Waals surface area (Å²) in [5, 5.41) is 9.94. The van der Waals surface area contributed by atoms with Crippen molar-refractivity contribution in [2.24, 2.45) is 0 Å². The highest BCUT2D eigenvalue weighted by atomic mass is 32.2. The molecule has 0 amide bonds. The molecule has 0 N–H and O–H groups in total. The topological polar surface area (TPSA) is 23.8 Å². The van der Waals surface area contributed by atoms with Crippen LogP contribution in [-0.2, 0) is 0 Å². The molecule has 0 bridgehead atoms. The summed E-state index contributed by atoms with van der Waals surface area (Å²) in [5.74, 6) is 0.583. The molecule has 0 aromatic heterocycles. The Kier molecular flexibility index (Phi) is 3.64. The molecule has 0 fully saturated rings. The van der Waals surface area contributed by atoms with E-state index in [1.807, 2.05) is 5.40 Å². The van der Waals surface area contributed by atoms with E-state index in [1.54, 1.807) is 0 Å². The molecule has 52 valence electrons. The minimum absolute atomic E-state index is 0.450. The maximum absolute atomic E-state index is 12.6. The van der Waals surface area contributed by atoms with Crippen LogP contribution in [0.4, 0.5) is 4.39 Å². The Labute approximate surface area is 59.2 Å². The molecule has 0 atom stereocenters. The third-order valence-electron chi connectivity index (χ3n) is 0.863. The van der Waals surface area contributed by atoms with E-state index in [0.717, 1.165) is 11.8 Å². The molecule has 0 saturated carbocycles. The van der Waals surface area contributed by atoms with E-state index < -0.39 is 5.67 Å². The number of hydrogen-bond donors (Lipinski definition) is 0. The van der Waals surface area contributed by atoms with Crippen molar-refractivity contribution in [2.45, 2.75) is 25.9 Å². The van der Waals surface area contributed by atoms with Crippen molar-refractivity contribution in [3.05, 3.63) is 0 Å². The molecule has 0 unspecified atom stereocenters. The smallest absolute Gasteiger partial charge is 0.133 e. The highest BCUT2D eigenvalue weighted by Crippen LogP contribution is 2.16. The SMILES string of the molecule is CC(C)(F)CCSC#N. The fourth-order valence-electron chi connectivity index (χ4n) is 0.339. The van der Waals surface area contributed by atoms with Crippen LogP contribution in [0, 0.1) is 10.7 Å². The van der Waals surface area contributed by atoms with Gasteiger partial charge in [-0.25, -0.2) is 4.39 Å². The first-order valence-electron chi connectivity index (χ1n) is 2.76. The lowest BCUT2D eigenvalue weighted by molar-refractivity contribution is 0.212. The summed E-state index contributed by atoms with van der Waals surface area (Å²) in [4.78, 5) is 0. The molecule has 0 heterocycles. The normalized spacial score (nSPS) is 10.9. The van der Waals surface area contributed by atoms with Crippen molar-refractivity contribution in [3.8, 4) is 5.40 Å². The third kappa shape index (κ3) is 7.77. The van der Waals surface area contributed by atoms with Crippen LogP contribution in [-0.4, -0.2) is 11.4 Å². The van der Waals surface area contributed by atoms with E-state index in [4.69, 9.17) is 5.26 Å². The van der Waals surface area contributed by atoms with Gasteiger partial charge in [0.15, 0.2) is 0 Å². The lowest BCUT2D eigenvalue weighted by Gasteiger charge is -2.10. The highest BCUT2D eigenvalue weighted by molar-refractivity contribution is 8.03. The number of nitriles is 1. The molecule has 0 aliphatic carbocycles. The monoisotopic (exact) mass is 147 g/mol. The predicted octanol–water partition coefficient (Wildman–Crippen LogP) is 2.34. The average molecular weight is 147 g/mol. The molecule has 0 aromatic carbocycles. The van der Waals surface area contributed by atoms with Crippen LogP contribution in [0.15, 0.2) is 0 Å². The van der Waals surface area contributed by atoms with Crippen molar-refractivity contribution in [1.82, 2.24) is 0 Å². The fourth-order valence-corrected chi connectivity index (χ4v) is 1.02. The van der Waals surface area contributed by atoms with E-state index in [2.05, 4.69) is 0 Å². The number of nitrogens with zero attached hydrogens (tertiary/aromatic N) is 1. The van der Waals surface area contributed by atoms with E-state index in [0.29, 0.717) is 12.2 Å². The second-order valence-corrected chi connectivity index (χ2v) is 3.29. The molecule has 0 aliphatic rings. The van der Waals surface area contributed by atoms with Gasteiger partial charge in [-0.05, 0) is 32.0 Å². The van der Waals surface area contributed by atoms with Gasteiger partial charge in [0.05, 0.1) is 0 Å². The van der Waals surface area contributed by atoms with Gasteiger partial charge in [-0.2, -0.15) is 5.26 Å². The van der Waals surface area contributed by atoms with Gasteiger partial charge in [0.2, 0.25) is 0 Å². The van der Waals surface area contributed by atoms with Crippen molar-refractivity contribution >= 4 is 11.8 Å². The lowest BCUT2D eigenvalue weighted by atomic mass is 10.1. The fraction of sp³-hybridized carbons (Fsp3) is 0.833. The summed E-state index contributed by atoms with van der Waals surface area (Å²) < 4.78 is 12.6. The predicted molar refractivity (Wildman–Crippen MR) is 37.9 cm³/mol. The Balaban J connectivity index is 3.20. The van der Waals surface area contributed by atoms with Gasteiger partial charge >= 0.3 is 0 Å². The van der Waals surface area contributed by atoms with Crippen molar-refractivity contribution in [3.63, 3.8) is 0 Å². The molecular weight excluding hydrogens is 137 g/mol. The summed E-state index contributed by atoms with van der Waals surface area (Å²) in [7, 11) is 0. The van der Waals surface area contributed by atoms with Gasteiger partial charge in [-0.1, -0.05) is 0 Å². The minimum Gasteiger partial charge on any atom is -0.244 e. The second kappa shape index (κ2) is 3.73. The van der Waals surface area contributed by atoms with E-state index in [-0.39, 0.29) is 0 Å². The van der Waals surface area contributed by atoms with Crippen molar-refractivity contribution in [1.29, 1.82) is 5.26 Å². The molecule has 3 heteroatoms. The molecule has 0 aliphatic heterocycles. The molecule has 0 rings (SSSR count). The Morgan fingerprint density at radius 1 is 1.67 bits per heavy atom. The Hall–Kier alpha value is -0.230. The van der Waals surface area contributed by atoms with Crippen molar-refractivity contribution < 1.29 is 4.39 Å².